The topological polar surface area (TPSA) is 54.5 Å². The monoisotopic (exact) mass is 255 g/mol. The average Bonchev–Trinajstić information content (AvgIpc) is 2.38. The molecular formula is C11H14ClN3O2. The Kier molecular flexibility index (Phi) is 3.81. The van der Waals surface area contributed by atoms with E-state index in [1.165, 1.54) is 0 Å². The Balaban J connectivity index is 2.24. The van der Waals surface area contributed by atoms with Gasteiger partial charge in [-0.1, -0.05) is 17.7 Å². The van der Waals surface area contributed by atoms with E-state index in [1.807, 2.05) is 17.0 Å². The lowest BCUT2D eigenvalue weighted by molar-refractivity contribution is -0.124. The van der Waals surface area contributed by atoms with Crippen LogP contribution in [-0.4, -0.2) is 43.7 Å². The quantitative estimate of drug-likeness (QED) is 0.790. The maximum Gasteiger partial charge on any atom is 0.244 e. The minimum absolute atomic E-state index is 0.0773. The molecule has 1 saturated heterocycles. The Morgan fingerprint density at radius 1 is 1.65 bits per heavy atom. The van der Waals surface area contributed by atoms with E-state index < -0.39 is 0 Å². The normalized spacial score (nSPS) is 20.1. The molecule has 1 unspecified atom stereocenters. The number of carbonyl (C=O) groups excluding carboxylic acids is 1. The summed E-state index contributed by atoms with van der Waals surface area (Å²) in [6, 6.07) is 5.02. The Labute approximate surface area is 105 Å². The number of rotatable bonds is 2. The molecule has 2 rings (SSSR count). The van der Waals surface area contributed by atoms with Gasteiger partial charge >= 0.3 is 0 Å². The first-order valence-electron chi connectivity index (χ1n) is 5.41. The summed E-state index contributed by atoms with van der Waals surface area (Å²) in [6.07, 6.45) is 0. The summed E-state index contributed by atoms with van der Waals surface area (Å²) in [4.78, 5) is 17.9. The van der Waals surface area contributed by atoms with Gasteiger partial charge in [-0.15, -0.1) is 0 Å². The first kappa shape index (κ1) is 12.1. The highest BCUT2D eigenvalue weighted by Crippen LogP contribution is 2.19. The van der Waals surface area contributed by atoms with Crippen molar-refractivity contribution in [2.75, 3.05) is 31.7 Å². The second-order valence-corrected chi connectivity index (χ2v) is 4.10. The second kappa shape index (κ2) is 5.33. The van der Waals surface area contributed by atoms with Crippen molar-refractivity contribution in [3.05, 3.63) is 23.4 Å². The van der Waals surface area contributed by atoms with Gasteiger partial charge in [0.1, 0.15) is 17.0 Å². The van der Waals surface area contributed by atoms with Gasteiger partial charge in [0.2, 0.25) is 5.91 Å². The molecule has 6 heteroatoms. The summed E-state index contributed by atoms with van der Waals surface area (Å²) < 4.78 is 5.32. The van der Waals surface area contributed by atoms with E-state index in [0.717, 1.165) is 0 Å². The first-order valence-corrected chi connectivity index (χ1v) is 5.78. The van der Waals surface area contributed by atoms with Crippen LogP contribution in [0.4, 0.5) is 5.82 Å². The van der Waals surface area contributed by atoms with E-state index in [-0.39, 0.29) is 11.9 Å². The lowest BCUT2D eigenvalue weighted by Gasteiger charge is -2.35. The predicted molar refractivity (Wildman–Crippen MR) is 65.3 cm³/mol. The summed E-state index contributed by atoms with van der Waals surface area (Å²) >= 11 is 5.86. The lowest BCUT2D eigenvalue weighted by Crippen LogP contribution is -2.53. The molecule has 1 fully saturated rings. The van der Waals surface area contributed by atoms with Crippen molar-refractivity contribution in [2.24, 2.45) is 0 Å². The van der Waals surface area contributed by atoms with E-state index in [2.05, 4.69) is 10.3 Å². The van der Waals surface area contributed by atoms with E-state index in [9.17, 15) is 4.79 Å². The van der Waals surface area contributed by atoms with Gasteiger partial charge in [0.25, 0.3) is 0 Å². The van der Waals surface area contributed by atoms with Crippen LogP contribution in [0.2, 0.25) is 5.15 Å². The number of nitrogens with zero attached hydrogens (tertiary/aromatic N) is 2. The molecule has 1 aromatic rings. The minimum Gasteiger partial charge on any atom is -0.377 e. The molecule has 0 spiro atoms. The van der Waals surface area contributed by atoms with Gasteiger partial charge in [0, 0.05) is 13.6 Å². The van der Waals surface area contributed by atoms with Gasteiger partial charge in [0.05, 0.1) is 13.2 Å². The fourth-order valence-corrected chi connectivity index (χ4v) is 1.98. The number of hydrogen-bond donors (Lipinski definition) is 1. The number of amides is 1. The van der Waals surface area contributed by atoms with E-state index >= 15 is 0 Å². The molecule has 1 aliphatic rings. The fourth-order valence-electron chi connectivity index (χ4n) is 1.82. The van der Waals surface area contributed by atoms with Crippen LogP contribution >= 0.6 is 11.6 Å². The van der Waals surface area contributed by atoms with Crippen LogP contribution in [-0.2, 0) is 9.53 Å². The van der Waals surface area contributed by atoms with E-state index in [1.54, 1.807) is 13.1 Å². The van der Waals surface area contributed by atoms with Gasteiger partial charge < -0.3 is 15.0 Å². The number of likely N-dealkylation sites (N-methyl/N-ethyl adjacent to an activating group) is 1. The Bertz CT molecular complexity index is 413. The second-order valence-electron chi connectivity index (χ2n) is 3.72. The third kappa shape index (κ3) is 2.68. The molecule has 0 saturated carbocycles. The third-order valence-electron chi connectivity index (χ3n) is 2.67. The van der Waals surface area contributed by atoms with Gasteiger partial charge in [-0.25, -0.2) is 4.98 Å². The number of carbonyl (C=O) groups is 1. The third-order valence-corrected chi connectivity index (χ3v) is 2.88. The summed E-state index contributed by atoms with van der Waals surface area (Å²) in [7, 11) is 1.61. The van der Waals surface area contributed by atoms with Crippen LogP contribution in [0.15, 0.2) is 18.2 Å². The van der Waals surface area contributed by atoms with Crippen LogP contribution in [0, 0.1) is 0 Å². The molecule has 0 bridgehead atoms. The first-order chi connectivity index (χ1) is 8.22. The number of halogens is 1. The van der Waals surface area contributed by atoms with Crippen LogP contribution in [0.25, 0.3) is 0 Å². The number of hydrogen-bond acceptors (Lipinski definition) is 4. The summed E-state index contributed by atoms with van der Waals surface area (Å²) in [6.45, 7) is 1.58. The Morgan fingerprint density at radius 2 is 2.47 bits per heavy atom. The van der Waals surface area contributed by atoms with Crippen LogP contribution < -0.4 is 10.2 Å². The zero-order chi connectivity index (χ0) is 12.3. The van der Waals surface area contributed by atoms with Gasteiger partial charge in [0.15, 0.2) is 0 Å². The van der Waals surface area contributed by atoms with Crippen LogP contribution in [0.1, 0.15) is 0 Å². The Hall–Kier alpha value is -1.33. The molecule has 0 aromatic carbocycles. The smallest absolute Gasteiger partial charge is 0.244 e. The minimum atomic E-state index is -0.347. The lowest BCUT2D eigenvalue weighted by atomic mass is 10.2. The zero-order valence-electron chi connectivity index (χ0n) is 9.52. The molecule has 0 aliphatic carbocycles. The van der Waals surface area contributed by atoms with Crippen LogP contribution in [0.5, 0.6) is 0 Å². The van der Waals surface area contributed by atoms with Gasteiger partial charge in [-0.2, -0.15) is 0 Å². The van der Waals surface area contributed by atoms with Crippen molar-refractivity contribution in [3.63, 3.8) is 0 Å². The van der Waals surface area contributed by atoms with E-state index in [4.69, 9.17) is 16.3 Å². The molecule has 92 valence electrons. The molecule has 2 heterocycles. The molecule has 1 aliphatic heterocycles. The predicted octanol–water partition coefficient (Wildman–Crippen LogP) is 0.686. The molecular weight excluding hydrogens is 242 g/mol. The highest BCUT2D eigenvalue weighted by atomic mass is 35.5. The maximum atomic E-state index is 11.7. The van der Waals surface area contributed by atoms with Crippen molar-refractivity contribution < 1.29 is 9.53 Å². The summed E-state index contributed by atoms with van der Waals surface area (Å²) in [5, 5.41) is 3.05. The average molecular weight is 256 g/mol. The summed E-state index contributed by atoms with van der Waals surface area (Å²) in [5.74, 6) is 0.626. The standard InChI is InChI=1S/C11H14ClN3O2/c1-13-11(16)8-7-17-6-5-15(8)10-4-2-3-9(12)14-10/h2-4,8H,5-7H2,1H3,(H,13,16). The van der Waals surface area contributed by atoms with Crippen molar-refractivity contribution in [1.29, 1.82) is 0 Å². The van der Waals surface area contributed by atoms with Crippen molar-refractivity contribution in [1.82, 2.24) is 10.3 Å². The SMILES string of the molecule is CNC(=O)C1COCCN1c1cccc(Cl)n1. The van der Waals surface area contributed by atoms with Crippen molar-refractivity contribution in [3.8, 4) is 0 Å². The number of morpholine rings is 1. The largest absolute Gasteiger partial charge is 0.377 e. The molecule has 5 nitrogen and oxygen atoms in total. The van der Waals surface area contributed by atoms with Crippen molar-refractivity contribution in [2.45, 2.75) is 6.04 Å². The van der Waals surface area contributed by atoms with Crippen LogP contribution in [0.3, 0.4) is 0 Å². The summed E-state index contributed by atoms with van der Waals surface area (Å²) in [5.41, 5.74) is 0. The molecule has 1 amide bonds. The number of ether oxygens (including phenoxy) is 1. The molecule has 1 aromatic heterocycles. The number of pyridine rings is 1. The van der Waals surface area contributed by atoms with Gasteiger partial charge in [-0.3, -0.25) is 4.79 Å². The molecule has 1 atom stereocenters. The maximum absolute atomic E-state index is 11.7. The molecule has 1 N–H and O–H groups in total. The number of nitrogens with one attached hydrogen (secondary N) is 1. The molecule has 0 radical (unpaired) electrons. The molecule has 17 heavy (non-hydrogen) atoms. The fraction of sp³-hybridized carbons (Fsp3) is 0.455. The zero-order valence-corrected chi connectivity index (χ0v) is 10.3. The van der Waals surface area contributed by atoms with Gasteiger partial charge in [-0.05, 0) is 12.1 Å². The van der Waals surface area contributed by atoms with Crippen molar-refractivity contribution >= 4 is 23.3 Å². The highest BCUT2D eigenvalue weighted by Gasteiger charge is 2.29. The number of aromatic nitrogens is 1. The number of anilines is 1. The highest BCUT2D eigenvalue weighted by molar-refractivity contribution is 6.29. The van der Waals surface area contributed by atoms with E-state index in [0.29, 0.717) is 30.7 Å². The Morgan fingerprint density at radius 3 is 3.18 bits per heavy atom.